The summed E-state index contributed by atoms with van der Waals surface area (Å²) in [6, 6.07) is 5.20. The first-order chi connectivity index (χ1) is 10.8. The molecule has 2 N–H and O–H groups in total. The van der Waals surface area contributed by atoms with Crippen LogP contribution in [0.15, 0.2) is 18.2 Å². The van der Waals surface area contributed by atoms with Crippen molar-refractivity contribution in [2.45, 2.75) is 31.6 Å². The van der Waals surface area contributed by atoms with Gasteiger partial charge in [0.1, 0.15) is 0 Å². The second-order valence-corrected chi connectivity index (χ2v) is 7.08. The molecule has 0 heterocycles. The van der Waals surface area contributed by atoms with Crippen LogP contribution in [0.25, 0.3) is 0 Å². The third-order valence-electron chi connectivity index (χ3n) is 4.20. The van der Waals surface area contributed by atoms with Gasteiger partial charge in [0.2, 0.25) is 11.8 Å². The van der Waals surface area contributed by atoms with Crippen molar-refractivity contribution in [1.82, 2.24) is 10.4 Å². The molecule has 1 unspecified atom stereocenters. The SMILES string of the molecule is CC(CC(=O)NO)CN(C)C(=O)C1(c2ccc(Cl)cc2Cl)CC1. The zero-order chi connectivity index (χ0) is 17.2. The highest BCUT2D eigenvalue weighted by atomic mass is 35.5. The summed E-state index contributed by atoms with van der Waals surface area (Å²) in [5.74, 6) is -0.522. The van der Waals surface area contributed by atoms with E-state index in [9.17, 15) is 9.59 Å². The Morgan fingerprint density at radius 2 is 2.04 bits per heavy atom. The van der Waals surface area contributed by atoms with Crippen LogP contribution in [0.3, 0.4) is 0 Å². The summed E-state index contributed by atoms with van der Waals surface area (Å²) in [7, 11) is 1.72. The van der Waals surface area contributed by atoms with Crippen LogP contribution >= 0.6 is 23.2 Å². The molecular weight excluding hydrogens is 339 g/mol. The third-order valence-corrected chi connectivity index (χ3v) is 4.74. The van der Waals surface area contributed by atoms with Crippen molar-refractivity contribution >= 4 is 35.0 Å². The molecule has 1 atom stereocenters. The van der Waals surface area contributed by atoms with Gasteiger partial charge < -0.3 is 4.90 Å². The van der Waals surface area contributed by atoms with Crippen molar-refractivity contribution in [2.75, 3.05) is 13.6 Å². The van der Waals surface area contributed by atoms with Gasteiger partial charge in [0.05, 0.1) is 5.41 Å². The van der Waals surface area contributed by atoms with Crippen molar-refractivity contribution in [1.29, 1.82) is 0 Å². The number of amides is 2. The number of hydroxylamine groups is 1. The van der Waals surface area contributed by atoms with Crippen LogP contribution < -0.4 is 5.48 Å². The topological polar surface area (TPSA) is 69.6 Å². The summed E-state index contributed by atoms with van der Waals surface area (Å²) in [6.45, 7) is 2.28. The average Bonchev–Trinajstić information content (AvgIpc) is 3.27. The molecule has 1 fully saturated rings. The van der Waals surface area contributed by atoms with Gasteiger partial charge in [-0.25, -0.2) is 5.48 Å². The predicted octanol–water partition coefficient (Wildman–Crippen LogP) is 3.02. The van der Waals surface area contributed by atoms with Crippen molar-refractivity contribution in [2.24, 2.45) is 5.92 Å². The number of likely N-dealkylation sites (N-methyl/N-ethyl adjacent to an activating group) is 1. The normalized spacial score (nSPS) is 16.6. The lowest BCUT2D eigenvalue weighted by Gasteiger charge is -2.26. The van der Waals surface area contributed by atoms with Gasteiger partial charge in [-0.05, 0) is 36.5 Å². The van der Waals surface area contributed by atoms with Gasteiger partial charge in [0, 0.05) is 30.1 Å². The number of rotatable bonds is 6. The number of nitrogens with one attached hydrogen (secondary N) is 1. The van der Waals surface area contributed by atoms with Crippen molar-refractivity contribution < 1.29 is 14.8 Å². The van der Waals surface area contributed by atoms with Crippen LogP contribution in [0.2, 0.25) is 10.0 Å². The molecule has 1 saturated carbocycles. The van der Waals surface area contributed by atoms with Gasteiger partial charge in [-0.15, -0.1) is 0 Å². The quantitative estimate of drug-likeness (QED) is 0.606. The van der Waals surface area contributed by atoms with Crippen LogP contribution in [-0.2, 0) is 15.0 Å². The lowest BCUT2D eigenvalue weighted by molar-refractivity contribution is -0.135. The predicted molar refractivity (Wildman–Crippen MR) is 88.7 cm³/mol. The largest absolute Gasteiger partial charge is 0.345 e. The van der Waals surface area contributed by atoms with Crippen LogP contribution in [0.1, 0.15) is 31.7 Å². The van der Waals surface area contributed by atoms with E-state index in [0.717, 1.165) is 18.4 Å². The molecule has 0 aliphatic heterocycles. The Morgan fingerprint density at radius 1 is 1.39 bits per heavy atom. The zero-order valence-corrected chi connectivity index (χ0v) is 14.6. The van der Waals surface area contributed by atoms with Crippen molar-refractivity contribution in [3.8, 4) is 0 Å². The van der Waals surface area contributed by atoms with Crippen LogP contribution in [-0.4, -0.2) is 35.5 Å². The van der Waals surface area contributed by atoms with E-state index in [1.165, 1.54) is 0 Å². The van der Waals surface area contributed by atoms with E-state index >= 15 is 0 Å². The summed E-state index contributed by atoms with van der Waals surface area (Å²) in [4.78, 5) is 25.7. The number of carbonyl (C=O) groups excluding carboxylic acids is 2. The second-order valence-electron chi connectivity index (χ2n) is 6.24. The third kappa shape index (κ3) is 3.97. The van der Waals surface area contributed by atoms with Crippen molar-refractivity contribution in [3.05, 3.63) is 33.8 Å². The molecule has 0 aromatic heterocycles. The smallest absolute Gasteiger partial charge is 0.243 e. The van der Waals surface area contributed by atoms with Gasteiger partial charge in [-0.1, -0.05) is 36.2 Å². The molecule has 1 aromatic carbocycles. The monoisotopic (exact) mass is 358 g/mol. The maximum atomic E-state index is 12.8. The van der Waals surface area contributed by atoms with E-state index in [1.807, 2.05) is 13.0 Å². The van der Waals surface area contributed by atoms with E-state index in [1.54, 1.807) is 29.6 Å². The number of halogens is 2. The summed E-state index contributed by atoms with van der Waals surface area (Å²) >= 11 is 12.2. The molecule has 0 spiro atoms. The molecule has 0 bridgehead atoms. The first-order valence-electron chi connectivity index (χ1n) is 7.44. The highest BCUT2D eigenvalue weighted by Gasteiger charge is 2.53. The zero-order valence-electron chi connectivity index (χ0n) is 13.1. The molecule has 2 rings (SSSR count). The molecule has 23 heavy (non-hydrogen) atoms. The molecule has 0 saturated heterocycles. The molecule has 0 radical (unpaired) electrons. The Morgan fingerprint density at radius 3 is 2.57 bits per heavy atom. The number of nitrogens with zero attached hydrogens (tertiary/aromatic N) is 1. The molecular formula is C16H20Cl2N2O3. The van der Waals surface area contributed by atoms with E-state index < -0.39 is 11.3 Å². The Balaban J connectivity index is 2.08. The van der Waals surface area contributed by atoms with E-state index in [-0.39, 0.29) is 18.2 Å². The maximum Gasteiger partial charge on any atom is 0.243 e. The average molecular weight is 359 g/mol. The molecule has 1 aliphatic rings. The van der Waals surface area contributed by atoms with Crippen LogP contribution in [0.5, 0.6) is 0 Å². The fourth-order valence-corrected chi connectivity index (χ4v) is 3.53. The van der Waals surface area contributed by atoms with Crippen molar-refractivity contribution in [3.63, 3.8) is 0 Å². The fourth-order valence-electron chi connectivity index (χ4n) is 2.94. The van der Waals surface area contributed by atoms with Gasteiger partial charge in [-0.3, -0.25) is 14.8 Å². The molecule has 5 nitrogen and oxygen atoms in total. The summed E-state index contributed by atoms with van der Waals surface area (Å²) < 4.78 is 0. The first kappa shape index (κ1) is 18.0. The molecule has 1 aromatic rings. The minimum Gasteiger partial charge on any atom is -0.345 e. The lowest BCUT2D eigenvalue weighted by Crippen LogP contribution is -2.39. The number of benzene rings is 1. The Bertz CT molecular complexity index is 617. The number of carbonyl (C=O) groups is 2. The molecule has 2 amide bonds. The van der Waals surface area contributed by atoms with E-state index in [2.05, 4.69) is 0 Å². The molecule has 7 heteroatoms. The minimum absolute atomic E-state index is 0.00187. The van der Waals surface area contributed by atoms with Gasteiger partial charge >= 0.3 is 0 Å². The molecule has 126 valence electrons. The fraction of sp³-hybridized carbons (Fsp3) is 0.500. The lowest BCUT2D eigenvalue weighted by atomic mass is 9.93. The van der Waals surface area contributed by atoms with E-state index in [0.29, 0.717) is 16.6 Å². The Labute approximate surface area is 145 Å². The van der Waals surface area contributed by atoms with Gasteiger partial charge in [0.15, 0.2) is 0 Å². The summed E-state index contributed by atoms with van der Waals surface area (Å²) in [6.07, 6.45) is 1.66. The number of hydrogen-bond donors (Lipinski definition) is 2. The van der Waals surface area contributed by atoms with Gasteiger partial charge in [0.25, 0.3) is 0 Å². The highest BCUT2D eigenvalue weighted by Crippen LogP contribution is 2.52. The number of hydrogen-bond acceptors (Lipinski definition) is 3. The van der Waals surface area contributed by atoms with Gasteiger partial charge in [-0.2, -0.15) is 0 Å². The van der Waals surface area contributed by atoms with Crippen LogP contribution in [0.4, 0.5) is 0 Å². The first-order valence-corrected chi connectivity index (χ1v) is 8.20. The highest BCUT2D eigenvalue weighted by molar-refractivity contribution is 6.35. The Kier molecular flexibility index (Phi) is 5.55. The van der Waals surface area contributed by atoms with E-state index in [4.69, 9.17) is 28.4 Å². The second kappa shape index (κ2) is 7.07. The molecule has 1 aliphatic carbocycles. The Hall–Kier alpha value is -1.30. The maximum absolute atomic E-state index is 12.8. The standard InChI is InChI=1S/C16H20Cl2N2O3/c1-10(7-14(21)19-23)9-20(2)15(22)16(5-6-16)12-4-3-11(17)8-13(12)18/h3-4,8,10,23H,5-7,9H2,1-2H3,(H,19,21). The summed E-state index contributed by atoms with van der Waals surface area (Å²) in [5.41, 5.74) is 1.84. The minimum atomic E-state index is -0.574. The summed E-state index contributed by atoms with van der Waals surface area (Å²) in [5, 5.41) is 9.61. The van der Waals surface area contributed by atoms with Crippen LogP contribution in [0, 0.1) is 5.92 Å².